The molecule has 0 aliphatic heterocycles. The first-order valence-electron chi connectivity index (χ1n) is 16.5. The minimum absolute atomic E-state index is 0.0647. The lowest BCUT2D eigenvalue weighted by Crippen LogP contribution is -2.27. The van der Waals surface area contributed by atoms with Crippen LogP contribution in [-0.2, 0) is 13.1 Å². The predicted octanol–water partition coefficient (Wildman–Crippen LogP) is 11.3. The summed E-state index contributed by atoms with van der Waals surface area (Å²) in [5, 5.41) is 59.1. The molecule has 19 heteroatoms. The van der Waals surface area contributed by atoms with E-state index in [9.17, 15) is 15.3 Å². The van der Waals surface area contributed by atoms with Crippen molar-refractivity contribution >= 4 is 110 Å². The van der Waals surface area contributed by atoms with Crippen LogP contribution in [-0.4, -0.2) is 67.1 Å². The van der Waals surface area contributed by atoms with Gasteiger partial charge in [-0.2, -0.15) is 0 Å². The molecular formula is C38H31Cl9N6O4. The number of hydrogen-bond donors (Lipinski definition) is 5. The van der Waals surface area contributed by atoms with Crippen molar-refractivity contribution in [3.63, 3.8) is 0 Å². The van der Waals surface area contributed by atoms with Gasteiger partial charge in [0.1, 0.15) is 0 Å². The lowest BCUT2D eigenvalue weighted by molar-refractivity contribution is 0.292. The van der Waals surface area contributed by atoms with Gasteiger partial charge < -0.3 is 30.6 Å². The van der Waals surface area contributed by atoms with Gasteiger partial charge in [-0.1, -0.05) is 129 Å². The Morgan fingerprint density at radius 2 is 1.02 bits per heavy atom. The largest absolute Gasteiger partial charge is 0.505 e. The highest BCUT2D eigenvalue weighted by Gasteiger charge is 2.15. The Balaban J connectivity index is 0.000000209. The lowest BCUT2D eigenvalue weighted by Gasteiger charge is -2.23. The minimum Gasteiger partial charge on any atom is -0.505 e. The first-order valence-corrected chi connectivity index (χ1v) is 19.9. The number of rotatable bonds is 11. The van der Waals surface area contributed by atoms with Crippen molar-refractivity contribution in [2.75, 3.05) is 31.2 Å². The number of hydrogen-bond acceptors (Lipinski definition) is 10. The second kappa shape index (κ2) is 22.9. The molecule has 0 unspecified atom stereocenters. The standard InChI is InChI=1S/C19H15Cl4N3O2.C10H5Cl3N2O.C9H11Cl2NO/c20-13-3-1-2-11(18(13)23)10-26(6-7-27)17-5-4-16(24-25-17)12-8-14(21)19(28)15(22)9-12;11-6-3-5(4-7(12)10(6)16)8-1-2-9(13)15-14-8;10-8-3-1-2-7(9(8)11)6-12-4-5-13/h1-5,8-9,27-28H,6-7,10H2;1-4,16H;1-3,12-13H,4-6H2. The summed E-state index contributed by atoms with van der Waals surface area (Å²) in [7, 11) is 0. The molecule has 0 atom stereocenters. The number of benzene rings is 4. The van der Waals surface area contributed by atoms with Crippen LogP contribution in [0.2, 0.25) is 45.3 Å². The van der Waals surface area contributed by atoms with E-state index in [0.717, 1.165) is 11.1 Å². The molecule has 0 saturated heterocycles. The van der Waals surface area contributed by atoms with E-state index in [-0.39, 0.29) is 44.8 Å². The number of phenols is 2. The zero-order chi connectivity index (χ0) is 41.6. The van der Waals surface area contributed by atoms with Crippen molar-refractivity contribution in [2.24, 2.45) is 0 Å². The molecule has 6 rings (SSSR count). The number of phenolic OH excluding ortho intramolecular Hbond substituents is 2. The van der Waals surface area contributed by atoms with Gasteiger partial charge in [-0.05, 0) is 71.8 Å². The van der Waals surface area contributed by atoms with E-state index >= 15 is 0 Å². The average Bonchev–Trinajstić information content (AvgIpc) is 3.19. The van der Waals surface area contributed by atoms with Crippen molar-refractivity contribution in [3.8, 4) is 34.0 Å². The van der Waals surface area contributed by atoms with Gasteiger partial charge in [0, 0.05) is 37.3 Å². The van der Waals surface area contributed by atoms with Gasteiger partial charge in [0.15, 0.2) is 22.5 Å². The summed E-state index contributed by atoms with van der Waals surface area (Å²) in [5.41, 5.74) is 4.16. The van der Waals surface area contributed by atoms with Crippen LogP contribution < -0.4 is 10.2 Å². The van der Waals surface area contributed by atoms with Crippen LogP contribution in [0.1, 0.15) is 11.1 Å². The maximum absolute atomic E-state index is 9.69. The third kappa shape index (κ3) is 13.5. The number of aliphatic hydroxyl groups is 2. The molecule has 2 heterocycles. The summed E-state index contributed by atoms with van der Waals surface area (Å²) >= 11 is 53.2. The molecule has 10 nitrogen and oxygen atoms in total. The lowest BCUT2D eigenvalue weighted by atomic mass is 10.1. The Bertz CT molecular complexity index is 2210. The summed E-state index contributed by atoms with van der Waals surface area (Å²) in [5.74, 6) is 0.239. The Morgan fingerprint density at radius 3 is 1.47 bits per heavy atom. The molecule has 5 N–H and O–H groups in total. The maximum atomic E-state index is 9.69. The second-order valence-electron chi connectivity index (χ2n) is 11.6. The van der Waals surface area contributed by atoms with Gasteiger partial charge in [-0.25, -0.2) is 0 Å². The first kappa shape index (κ1) is 46.6. The number of nitrogens with one attached hydrogen (secondary N) is 1. The average molecular weight is 955 g/mol. The third-order valence-electron chi connectivity index (χ3n) is 7.63. The Hall–Kier alpha value is -3.07. The maximum Gasteiger partial charge on any atom is 0.152 e. The molecule has 0 saturated carbocycles. The summed E-state index contributed by atoms with van der Waals surface area (Å²) in [6.07, 6.45) is 0. The number of halogens is 9. The van der Waals surface area contributed by atoms with Crippen LogP contribution in [0.15, 0.2) is 84.9 Å². The number of anilines is 1. The van der Waals surface area contributed by atoms with E-state index in [1.54, 1.807) is 60.7 Å². The van der Waals surface area contributed by atoms with E-state index in [2.05, 4.69) is 25.7 Å². The molecule has 0 aliphatic carbocycles. The van der Waals surface area contributed by atoms with Gasteiger partial charge in [0.2, 0.25) is 0 Å². The van der Waals surface area contributed by atoms with Crippen LogP contribution in [0, 0.1) is 0 Å². The van der Waals surface area contributed by atoms with Gasteiger partial charge in [-0.3, -0.25) is 0 Å². The van der Waals surface area contributed by atoms with Crippen LogP contribution in [0.25, 0.3) is 22.5 Å². The Labute approximate surface area is 373 Å². The van der Waals surface area contributed by atoms with Crippen LogP contribution in [0.4, 0.5) is 5.82 Å². The topological polar surface area (TPSA) is 148 Å². The summed E-state index contributed by atoms with van der Waals surface area (Å²) in [6.45, 7) is 1.99. The quantitative estimate of drug-likeness (QED) is 0.0795. The van der Waals surface area contributed by atoms with Crippen LogP contribution in [0.5, 0.6) is 11.5 Å². The van der Waals surface area contributed by atoms with E-state index in [4.69, 9.17) is 110 Å². The molecule has 0 amide bonds. The number of aromatic hydroxyl groups is 2. The van der Waals surface area contributed by atoms with Crippen molar-refractivity contribution < 1.29 is 20.4 Å². The van der Waals surface area contributed by atoms with Gasteiger partial charge in [0.05, 0.1) is 64.8 Å². The van der Waals surface area contributed by atoms with E-state index in [1.807, 2.05) is 29.2 Å². The molecule has 57 heavy (non-hydrogen) atoms. The van der Waals surface area contributed by atoms with Crippen molar-refractivity contribution in [1.82, 2.24) is 25.7 Å². The molecule has 0 aliphatic rings. The number of nitrogens with zero attached hydrogens (tertiary/aromatic N) is 5. The fourth-order valence-corrected chi connectivity index (χ4v) is 6.64. The highest BCUT2D eigenvalue weighted by Crippen LogP contribution is 2.37. The fourth-order valence-electron chi connectivity index (χ4n) is 4.80. The third-order valence-corrected chi connectivity index (χ3v) is 10.7. The molecule has 6 aromatic rings. The summed E-state index contributed by atoms with van der Waals surface area (Å²) in [6, 6.07) is 23.9. The molecule has 0 fully saturated rings. The van der Waals surface area contributed by atoms with Gasteiger partial charge in [-0.15, -0.1) is 20.4 Å². The van der Waals surface area contributed by atoms with Crippen molar-refractivity contribution in [3.05, 3.63) is 141 Å². The highest BCUT2D eigenvalue weighted by atomic mass is 35.5. The number of aliphatic hydroxyl groups excluding tert-OH is 2. The number of aromatic nitrogens is 4. The molecule has 0 radical (unpaired) electrons. The second-order valence-corrected chi connectivity index (χ2v) is 15.2. The van der Waals surface area contributed by atoms with E-state index < -0.39 is 0 Å². The van der Waals surface area contributed by atoms with Crippen LogP contribution in [0.3, 0.4) is 0 Å². The Kier molecular flexibility index (Phi) is 18.7. The Morgan fingerprint density at radius 1 is 0.526 bits per heavy atom. The minimum atomic E-state index is -0.177. The molecule has 2 aromatic heterocycles. The smallest absolute Gasteiger partial charge is 0.152 e. The van der Waals surface area contributed by atoms with Gasteiger partial charge >= 0.3 is 0 Å². The monoisotopic (exact) mass is 950 g/mol. The summed E-state index contributed by atoms with van der Waals surface area (Å²) < 4.78 is 0. The van der Waals surface area contributed by atoms with Crippen LogP contribution >= 0.6 is 104 Å². The van der Waals surface area contributed by atoms with Crippen molar-refractivity contribution in [1.29, 1.82) is 0 Å². The normalized spacial score (nSPS) is 10.6. The summed E-state index contributed by atoms with van der Waals surface area (Å²) in [4.78, 5) is 1.84. The first-order chi connectivity index (χ1) is 27.2. The zero-order valence-electron chi connectivity index (χ0n) is 29.3. The zero-order valence-corrected chi connectivity index (χ0v) is 36.1. The van der Waals surface area contributed by atoms with Crippen molar-refractivity contribution in [2.45, 2.75) is 13.1 Å². The molecule has 300 valence electrons. The van der Waals surface area contributed by atoms with E-state index in [0.29, 0.717) is 79.8 Å². The SMILES string of the molecule is OCCN(Cc1cccc(Cl)c1Cl)c1ccc(-c2cc(Cl)c(O)c(Cl)c2)nn1.OCCNCc1cccc(Cl)c1Cl.Oc1c(Cl)cc(-c2ccc(Cl)nn2)cc1Cl. The molecule has 0 bridgehead atoms. The molecule has 4 aromatic carbocycles. The van der Waals surface area contributed by atoms with E-state index in [1.165, 1.54) is 0 Å². The fraction of sp³-hybridized carbons (Fsp3) is 0.158. The highest BCUT2D eigenvalue weighted by molar-refractivity contribution is 6.43. The van der Waals surface area contributed by atoms with Gasteiger partial charge in [0.25, 0.3) is 0 Å². The predicted molar refractivity (Wildman–Crippen MR) is 233 cm³/mol. The molecule has 0 spiro atoms. The molecular weight excluding hydrogens is 924 g/mol.